The molecule has 0 saturated carbocycles. The number of halogens is 1. The SMILES string of the molecule is CCCCN1C(=O)c2sccc2N2C(CCC(=O)NCc3ccc(F)cc3)=NNC12. The average molecular weight is 430 g/mol. The molecule has 1 aromatic heterocycles. The quantitative estimate of drug-likeness (QED) is 0.675. The summed E-state index contributed by atoms with van der Waals surface area (Å²) in [6.45, 7) is 3.10. The second kappa shape index (κ2) is 8.83. The minimum absolute atomic E-state index is 0.0238. The van der Waals surface area contributed by atoms with E-state index in [1.54, 1.807) is 12.1 Å². The lowest BCUT2D eigenvalue weighted by Crippen LogP contribution is -2.58. The second-order valence-corrected chi connectivity index (χ2v) is 8.21. The number of carbonyl (C=O) groups excluding carboxylic acids is 2. The fourth-order valence-electron chi connectivity index (χ4n) is 3.60. The van der Waals surface area contributed by atoms with Gasteiger partial charge in [0.15, 0.2) is 0 Å². The molecule has 1 unspecified atom stereocenters. The van der Waals surface area contributed by atoms with Gasteiger partial charge in [0.1, 0.15) is 16.5 Å². The normalized spacial score (nSPS) is 17.3. The molecule has 0 saturated heterocycles. The van der Waals surface area contributed by atoms with E-state index in [1.807, 2.05) is 21.2 Å². The number of carbonyl (C=O) groups is 2. The maximum atomic E-state index is 13.0. The van der Waals surface area contributed by atoms with E-state index < -0.39 is 0 Å². The molecule has 1 atom stereocenters. The van der Waals surface area contributed by atoms with E-state index in [-0.39, 0.29) is 30.3 Å². The number of benzene rings is 1. The Hall–Kier alpha value is -2.94. The summed E-state index contributed by atoms with van der Waals surface area (Å²) < 4.78 is 13.0. The first kappa shape index (κ1) is 20.3. The summed E-state index contributed by atoms with van der Waals surface area (Å²) in [5.41, 5.74) is 4.76. The van der Waals surface area contributed by atoms with E-state index in [0.29, 0.717) is 24.4 Å². The molecule has 0 bridgehead atoms. The summed E-state index contributed by atoms with van der Waals surface area (Å²) in [6, 6.07) is 7.99. The van der Waals surface area contributed by atoms with Crippen LogP contribution in [0.1, 0.15) is 47.8 Å². The highest BCUT2D eigenvalue weighted by Crippen LogP contribution is 2.36. The number of amides is 2. The molecule has 0 fully saturated rings. The molecule has 2 aliphatic heterocycles. The first-order chi connectivity index (χ1) is 14.6. The molecular weight excluding hydrogens is 405 g/mol. The van der Waals surface area contributed by atoms with Crippen LogP contribution in [0.15, 0.2) is 40.8 Å². The number of unbranched alkanes of at least 4 members (excludes halogenated alkanes) is 1. The zero-order valence-corrected chi connectivity index (χ0v) is 17.5. The summed E-state index contributed by atoms with van der Waals surface area (Å²) in [5.74, 6) is 0.361. The van der Waals surface area contributed by atoms with Gasteiger partial charge < -0.3 is 5.32 Å². The van der Waals surface area contributed by atoms with Crippen LogP contribution < -0.4 is 15.6 Å². The summed E-state index contributed by atoms with van der Waals surface area (Å²) in [4.78, 5) is 29.7. The van der Waals surface area contributed by atoms with Crippen molar-refractivity contribution in [3.63, 3.8) is 0 Å². The Labute approximate surface area is 178 Å². The first-order valence-electron chi connectivity index (χ1n) is 10.1. The number of nitrogens with zero attached hydrogens (tertiary/aromatic N) is 3. The van der Waals surface area contributed by atoms with Gasteiger partial charge in [0.25, 0.3) is 5.91 Å². The molecule has 30 heavy (non-hydrogen) atoms. The summed E-state index contributed by atoms with van der Waals surface area (Å²) in [5, 5.41) is 9.20. The largest absolute Gasteiger partial charge is 0.352 e. The van der Waals surface area contributed by atoms with Crippen LogP contribution in [0.2, 0.25) is 0 Å². The third kappa shape index (κ3) is 4.02. The summed E-state index contributed by atoms with van der Waals surface area (Å²) in [6.07, 6.45) is 2.29. The van der Waals surface area contributed by atoms with Crippen LogP contribution in [0, 0.1) is 5.82 Å². The van der Waals surface area contributed by atoms with Crippen molar-refractivity contribution in [3.8, 4) is 0 Å². The summed E-state index contributed by atoms with van der Waals surface area (Å²) >= 11 is 1.43. The Morgan fingerprint density at radius 3 is 2.87 bits per heavy atom. The number of thiophene rings is 1. The number of rotatable bonds is 8. The van der Waals surface area contributed by atoms with Gasteiger partial charge in [-0.1, -0.05) is 25.5 Å². The Morgan fingerprint density at radius 1 is 1.30 bits per heavy atom. The molecule has 158 valence electrons. The van der Waals surface area contributed by atoms with Crippen molar-refractivity contribution in [1.82, 2.24) is 15.6 Å². The number of anilines is 1. The molecular formula is C21H24FN5O2S. The Kier molecular flexibility index (Phi) is 5.98. The van der Waals surface area contributed by atoms with Gasteiger partial charge in [-0.05, 0) is 35.6 Å². The number of amidine groups is 1. The average Bonchev–Trinajstić information content (AvgIpc) is 3.39. The molecule has 3 heterocycles. The van der Waals surface area contributed by atoms with Gasteiger partial charge in [0.05, 0.1) is 5.69 Å². The fraction of sp³-hybridized carbons (Fsp3) is 0.381. The predicted molar refractivity (Wildman–Crippen MR) is 115 cm³/mol. The van der Waals surface area contributed by atoms with E-state index in [4.69, 9.17) is 0 Å². The Morgan fingerprint density at radius 2 is 2.10 bits per heavy atom. The number of hydrazone groups is 1. The van der Waals surface area contributed by atoms with Crippen LogP contribution in [0.25, 0.3) is 0 Å². The predicted octanol–water partition coefficient (Wildman–Crippen LogP) is 3.25. The van der Waals surface area contributed by atoms with Crippen LogP contribution in [0.3, 0.4) is 0 Å². The molecule has 4 rings (SSSR count). The van der Waals surface area contributed by atoms with Crippen molar-refractivity contribution >= 4 is 34.7 Å². The minimum atomic E-state index is -0.344. The third-order valence-corrected chi connectivity index (χ3v) is 6.11. The van der Waals surface area contributed by atoms with Crippen molar-refractivity contribution in [3.05, 3.63) is 52.0 Å². The molecule has 0 radical (unpaired) electrons. The fourth-order valence-corrected chi connectivity index (χ4v) is 4.44. The van der Waals surface area contributed by atoms with E-state index in [2.05, 4.69) is 22.8 Å². The number of hydrogen-bond acceptors (Lipinski definition) is 6. The number of fused-ring (bicyclic) bond motifs is 3. The molecule has 0 aliphatic carbocycles. The van der Waals surface area contributed by atoms with E-state index in [0.717, 1.165) is 29.9 Å². The molecule has 0 spiro atoms. The molecule has 7 nitrogen and oxygen atoms in total. The van der Waals surface area contributed by atoms with Crippen LogP contribution in [0.4, 0.5) is 10.1 Å². The zero-order chi connectivity index (χ0) is 21.1. The van der Waals surface area contributed by atoms with Gasteiger partial charge in [0, 0.05) is 25.9 Å². The molecule has 2 N–H and O–H groups in total. The van der Waals surface area contributed by atoms with E-state index >= 15 is 0 Å². The van der Waals surface area contributed by atoms with Gasteiger partial charge in [-0.2, -0.15) is 5.10 Å². The third-order valence-electron chi connectivity index (χ3n) is 5.22. The van der Waals surface area contributed by atoms with E-state index in [9.17, 15) is 14.0 Å². The second-order valence-electron chi connectivity index (χ2n) is 7.29. The first-order valence-corrected chi connectivity index (χ1v) is 11.0. The van der Waals surface area contributed by atoms with Crippen molar-refractivity contribution in [2.75, 3.05) is 11.4 Å². The molecule has 2 amide bonds. The van der Waals surface area contributed by atoms with Crippen molar-refractivity contribution in [2.24, 2.45) is 5.10 Å². The topological polar surface area (TPSA) is 77.0 Å². The Bertz CT molecular complexity index is 959. The van der Waals surface area contributed by atoms with Gasteiger partial charge in [-0.3, -0.25) is 24.8 Å². The smallest absolute Gasteiger partial charge is 0.269 e. The lowest BCUT2D eigenvalue weighted by molar-refractivity contribution is -0.121. The van der Waals surface area contributed by atoms with Gasteiger partial charge >= 0.3 is 0 Å². The highest BCUT2D eigenvalue weighted by molar-refractivity contribution is 7.12. The van der Waals surface area contributed by atoms with Gasteiger partial charge in [-0.15, -0.1) is 11.3 Å². The van der Waals surface area contributed by atoms with Crippen LogP contribution in [0.5, 0.6) is 0 Å². The maximum Gasteiger partial charge on any atom is 0.269 e. The molecule has 1 aromatic carbocycles. The number of hydrogen-bond donors (Lipinski definition) is 2. The zero-order valence-electron chi connectivity index (χ0n) is 16.7. The van der Waals surface area contributed by atoms with Crippen molar-refractivity contribution in [2.45, 2.75) is 45.4 Å². The molecule has 2 aliphatic rings. The Balaban J connectivity index is 1.38. The highest BCUT2D eigenvalue weighted by Gasteiger charge is 2.43. The maximum absolute atomic E-state index is 13.0. The molecule has 2 aromatic rings. The summed E-state index contributed by atoms with van der Waals surface area (Å²) in [7, 11) is 0. The van der Waals surface area contributed by atoms with Crippen molar-refractivity contribution < 1.29 is 14.0 Å². The standard InChI is InChI=1S/C21H24FN5O2S/c1-2-3-11-26-20(29)19-16(10-12-30-19)27-17(24-25-21(26)27)8-9-18(28)23-13-14-4-6-15(22)7-5-14/h4-7,10,12,21,25H,2-3,8-9,11,13H2,1H3,(H,23,28). The van der Waals surface area contributed by atoms with E-state index in [1.165, 1.54) is 23.5 Å². The lowest BCUT2D eigenvalue weighted by Gasteiger charge is -2.39. The van der Waals surface area contributed by atoms with Crippen LogP contribution in [-0.4, -0.2) is 35.4 Å². The van der Waals surface area contributed by atoms with Crippen molar-refractivity contribution in [1.29, 1.82) is 0 Å². The molecule has 9 heteroatoms. The van der Waals surface area contributed by atoms with Gasteiger partial charge in [0.2, 0.25) is 12.2 Å². The van der Waals surface area contributed by atoms with Crippen LogP contribution in [-0.2, 0) is 11.3 Å². The number of nitrogens with one attached hydrogen (secondary N) is 2. The lowest BCUT2D eigenvalue weighted by atomic mass is 10.1. The monoisotopic (exact) mass is 429 g/mol. The van der Waals surface area contributed by atoms with Crippen LogP contribution >= 0.6 is 11.3 Å². The highest BCUT2D eigenvalue weighted by atomic mass is 32.1. The minimum Gasteiger partial charge on any atom is -0.352 e. The van der Waals surface area contributed by atoms with Gasteiger partial charge in [-0.25, -0.2) is 4.39 Å².